The monoisotopic (exact) mass is 299 g/mol. The molecule has 2 N–H and O–H groups in total. The maximum atomic E-state index is 11.7. The van der Waals surface area contributed by atoms with Crippen molar-refractivity contribution in [3.05, 3.63) is 0 Å². The first-order chi connectivity index (χ1) is 9.86. The standard InChI is InChI=1S/C16H33N3O2/c1-5-21-15(20)16(2,17)10-6-7-11-18(3)13-14-9-8-12-19(14)4/h14H,5-13,17H2,1-4H3. The van der Waals surface area contributed by atoms with E-state index in [1.54, 1.807) is 6.92 Å². The fourth-order valence-electron chi connectivity index (χ4n) is 2.93. The Labute approximate surface area is 129 Å². The van der Waals surface area contributed by atoms with Crippen LogP contribution in [-0.4, -0.2) is 67.7 Å². The van der Waals surface area contributed by atoms with Crippen LogP contribution in [0.3, 0.4) is 0 Å². The quantitative estimate of drug-likeness (QED) is 0.516. The number of carbonyl (C=O) groups excluding carboxylic acids is 1. The van der Waals surface area contributed by atoms with Gasteiger partial charge < -0.3 is 20.3 Å². The number of hydrogen-bond donors (Lipinski definition) is 1. The fourth-order valence-corrected chi connectivity index (χ4v) is 2.93. The first-order valence-electron chi connectivity index (χ1n) is 8.21. The average Bonchev–Trinajstić information content (AvgIpc) is 2.80. The van der Waals surface area contributed by atoms with E-state index < -0.39 is 5.54 Å². The molecule has 0 aliphatic carbocycles. The van der Waals surface area contributed by atoms with Gasteiger partial charge in [-0.1, -0.05) is 0 Å². The van der Waals surface area contributed by atoms with Crippen molar-refractivity contribution in [2.75, 3.05) is 40.3 Å². The second-order valence-corrected chi connectivity index (χ2v) is 6.63. The van der Waals surface area contributed by atoms with Crippen molar-refractivity contribution in [1.82, 2.24) is 9.80 Å². The minimum Gasteiger partial charge on any atom is -0.465 e. The molecule has 1 aliphatic rings. The lowest BCUT2D eigenvalue weighted by Gasteiger charge is -2.26. The molecule has 5 nitrogen and oxygen atoms in total. The number of nitrogens with zero attached hydrogens (tertiary/aromatic N) is 2. The zero-order chi connectivity index (χ0) is 15.9. The maximum absolute atomic E-state index is 11.7. The number of hydrogen-bond acceptors (Lipinski definition) is 5. The largest absolute Gasteiger partial charge is 0.465 e. The first-order valence-corrected chi connectivity index (χ1v) is 8.21. The van der Waals surface area contributed by atoms with E-state index >= 15 is 0 Å². The predicted molar refractivity (Wildman–Crippen MR) is 86.2 cm³/mol. The summed E-state index contributed by atoms with van der Waals surface area (Å²) in [6, 6.07) is 0.703. The van der Waals surface area contributed by atoms with E-state index in [0.717, 1.165) is 25.9 Å². The summed E-state index contributed by atoms with van der Waals surface area (Å²) in [5, 5.41) is 0. The molecule has 0 radical (unpaired) electrons. The van der Waals surface area contributed by atoms with Crippen molar-refractivity contribution in [1.29, 1.82) is 0 Å². The summed E-state index contributed by atoms with van der Waals surface area (Å²) >= 11 is 0. The van der Waals surface area contributed by atoms with Gasteiger partial charge in [0.1, 0.15) is 5.54 Å². The van der Waals surface area contributed by atoms with Crippen LogP contribution in [0.1, 0.15) is 46.0 Å². The Morgan fingerprint density at radius 3 is 2.76 bits per heavy atom. The highest BCUT2D eigenvalue weighted by atomic mass is 16.5. The third-order valence-electron chi connectivity index (χ3n) is 4.42. The average molecular weight is 299 g/mol. The van der Waals surface area contributed by atoms with Crippen LogP contribution in [0.25, 0.3) is 0 Å². The van der Waals surface area contributed by atoms with Crippen molar-refractivity contribution in [3.8, 4) is 0 Å². The first kappa shape index (κ1) is 18.4. The molecule has 21 heavy (non-hydrogen) atoms. The lowest BCUT2D eigenvalue weighted by molar-refractivity contribution is -0.149. The normalized spacial score (nSPS) is 22.5. The Bertz CT molecular complexity index is 321. The molecule has 0 spiro atoms. The summed E-state index contributed by atoms with van der Waals surface area (Å²) in [5.41, 5.74) is 5.17. The minimum atomic E-state index is -0.847. The van der Waals surface area contributed by atoms with Crippen LogP contribution in [0.15, 0.2) is 0 Å². The molecular formula is C16H33N3O2. The minimum absolute atomic E-state index is 0.286. The van der Waals surface area contributed by atoms with E-state index in [-0.39, 0.29) is 5.97 Å². The summed E-state index contributed by atoms with van der Waals surface area (Å²) in [5.74, 6) is -0.286. The molecular weight excluding hydrogens is 266 g/mol. The molecule has 2 unspecified atom stereocenters. The number of likely N-dealkylation sites (tertiary alicyclic amines) is 1. The van der Waals surface area contributed by atoms with Gasteiger partial charge in [-0.15, -0.1) is 0 Å². The van der Waals surface area contributed by atoms with Gasteiger partial charge in [-0.05, 0) is 73.1 Å². The lowest BCUT2D eigenvalue weighted by Crippen LogP contribution is -2.46. The van der Waals surface area contributed by atoms with E-state index in [4.69, 9.17) is 10.5 Å². The summed E-state index contributed by atoms with van der Waals surface area (Å²) in [7, 11) is 4.39. The number of nitrogens with two attached hydrogens (primary N) is 1. The van der Waals surface area contributed by atoms with Crippen molar-refractivity contribution < 1.29 is 9.53 Å². The highest BCUT2D eigenvalue weighted by Crippen LogP contribution is 2.16. The van der Waals surface area contributed by atoms with Gasteiger partial charge in [0, 0.05) is 12.6 Å². The number of likely N-dealkylation sites (N-methyl/N-ethyl adjacent to an activating group) is 2. The van der Waals surface area contributed by atoms with E-state index in [2.05, 4.69) is 23.9 Å². The second-order valence-electron chi connectivity index (χ2n) is 6.63. The molecule has 124 valence electrons. The summed E-state index contributed by atoms with van der Waals surface area (Å²) in [4.78, 5) is 16.5. The smallest absolute Gasteiger partial charge is 0.325 e. The Morgan fingerprint density at radius 2 is 2.19 bits per heavy atom. The zero-order valence-corrected chi connectivity index (χ0v) is 14.2. The molecule has 0 amide bonds. The summed E-state index contributed by atoms with van der Waals surface area (Å²) in [6.07, 6.45) is 5.34. The van der Waals surface area contributed by atoms with Gasteiger partial charge >= 0.3 is 5.97 Å². The number of esters is 1. The third kappa shape index (κ3) is 6.32. The van der Waals surface area contributed by atoms with Crippen LogP contribution < -0.4 is 5.73 Å². The molecule has 0 aromatic heterocycles. The molecule has 0 aromatic carbocycles. The molecule has 1 heterocycles. The SMILES string of the molecule is CCOC(=O)C(C)(N)CCCCN(C)CC1CCCN1C. The maximum Gasteiger partial charge on any atom is 0.325 e. The predicted octanol–water partition coefficient (Wildman–Crippen LogP) is 1.46. The lowest BCUT2D eigenvalue weighted by atomic mass is 9.96. The van der Waals surface area contributed by atoms with Crippen LogP contribution in [0.5, 0.6) is 0 Å². The summed E-state index contributed by atoms with van der Waals surface area (Å²) < 4.78 is 5.01. The van der Waals surface area contributed by atoms with Crippen LogP contribution in [0, 0.1) is 0 Å². The second kappa shape index (κ2) is 8.71. The fraction of sp³-hybridized carbons (Fsp3) is 0.938. The summed E-state index contributed by atoms with van der Waals surface area (Å²) in [6.45, 7) is 7.38. The van der Waals surface area contributed by atoms with Crippen LogP contribution in [0.4, 0.5) is 0 Å². The van der Waals surface area contributed by atoms with Gasteiger partial charge in [0.25, 0.3) is 0 Å². The molecule has 1 aliphatic heterocycles. The van der Waals surface area contributed by atoms with Crippen molar-refractivity contribution in [2.45, 2.75) is 57.5 Å². The number of rotatable bonds is 9. The van der Waals surface area contributed by atoms with Gasteiger partial charge in [-0.2, -0.15) is 0 Å². The third-order valence-corrected chi connectivity index (χ3v) is 4.42. The van der Waals surface area contributed by atoms with Crippen molar-refractivity contribution in [3.63, 3.8) is 0 Å². The molecule has 5 heteroatoms. The molecule has 1 saturated heterocycles. The van der Waals surface area contributed by atoms with E-state index in [0.29, 0.717) is 19.1 Å². The Balaban J connectivity index is 2.16. The van der Waals surface area contributed by atoms with E-state index in [9.17, 15) is 4.79 Å². The number of unbranched alkanes of at least 4 members (excludes halogenated alkanes) is 1. The molecule has 1 fully saturated rings. The number of ether oxygens (including phenoxy) is 1. The highest BCUT2D eigenvalue weighted by Gasteiger charge is 2.29. The van der Waals surface area contributed by atoms with Crippen molar-refractivity contribution in [2.24, 2.45) is 5.73 Å². The molecule has 0 bridgehead atoms. The van der Waals surface area contributed by atoms with Crippen molar-refractivity contribution >= 4 is 5.97 Å². The molecule has 2 atom stereocenters. The molecule has 0 saturated carbocycles. The van der Waals surface area contributed by atoms with Crippen LogP contribution >= 0.6 is 0 Å². The van der Waals surface area contributed by atoms with Gasteiger partial charge in [0.2, 0.25) is 0 Å². The van der Waals surface area contributed by atoms with Gasteiger partial charge in [0.15, 0.2) is 0 Å². The van der Waals surface area contributed by atoms with Crippen LogP contribution in [0.2, 0.25) is 0 Å². The van der Waals surface area contributed by atoms with E-state index in [1.165, 1.54) is 19.4 Å². The topological polar surface area (TPSA) is 58.8 Å². The van der Waals surface area contributed by atoms with Gasteiger partial charge in [0.05, 0.1) is 6.61 Å². The van der Waals surface area contributed by atoms with E-state index in [1.807, 2.05) is 6.92 Å². The zero-order valence-electron chi connectivity index (χ0n) is 14.2. The van der Waals surface area contributed by atoms with Gasteiger partial charge in [-0.25, -0.2) is 0 Å². The van der Waals surface area contributed by atoms with Crippen LogP contribution in [-0.2, 0) is 9.53 Å². The molecule has 1 rings (SSSR count). The molecule has 0 aromatic rings. The Kier molecular flexibility index (Phi) is 7.63. The highest BCUT2D eigenvalue weighted by molar-refractivity contribution is 5.79. The number of carbonyl (C=O) groups is 1. The van der Waals surface area contributed by atoms with Gasteiger partial charge in [-0.3, -0.25) is 4.79 Å². The Morgan fingerprint density at radius 1 is 1.48 bits per heavy atom. The Hall–Kier alpha value is -0.650.